The average molecular weight is 251 g/mol. The van der Waals surface area contributed by atoms with Crippen molar-refractivity contribution in [1.29, 1.82) is 0 Å². The highest BCUT2D eigenvalue weighted by Gasteiger charge is 2.23. The lowest BCUT2D eigenvalue weighted by atomic mass is 9.99. The van der Waals surface area contributed by atoms with E-state index in [1.165, 1.54) is 0 Å². The molecule has 1 saturated heterocycles. The molecule has 0 radical (unpaired) electrons. The number of oxazole rings is 1. The zero-order valence-electron chi connectivity index (χ0n) is 11.1. The first-order chi connectivity index (χ1) is 8.70. The minimum absolute atomic E-state index is 0.0230. The summed E-state index contributed by atoms with van der Waals surface area (Å²) < 4.78 is 5.49. The summed E-state index contributed by atoms with van der Waals surface area (Å²) in [6.07, 6.45) is 4.41. The van der Waals surface area contributed by atoms with Gasteiger partial charge in [0, 0.05) is 26.1 Å². The number of amides is 1. The van der Waals surface area contributed by atoms with E-state index in [9.17, 15) is 4.79 Å². The number of carbonyl (C=O) groups excluding carboxylic acids is 1. The second-order valence-corrected chi connectivity index (χ2v) is 4.95. The van der Waals surface area contributed by atoms with Crippen LogP contribution >= 0.6 is 0 Å². The first-order valence-electron chi connectivity index (χ1n) is 6.59. The third-order valence-electron chi connectivity index (χ3n) is 3.42. The summed E-state index contributed by atoms with van der Waals surface area (Å²) in [6.45, 7) is 4.68. The van der Waals surface area contributed by atoms with Crippen molar-refractivity contribution in [3.8, 4) is 0 Å². The van der Waals surface area contributed by atoms with Crippen LogP contribution in [0.15, 0.2) is 10.6 Å². The molecule has 0 atom stereocenters. The lowest BCUT2D eigenvalue weighted by molar-refractivity contribution is 0.0663. The third-order valence-corrected chi connectivity index (χ3v) is 3.42. The smallest absolute Gasteiger partial charge is 0.291 e. The fraction of sp³-hybridized carbons (Fsp3) is 0.692. The number of piperidine rings is 1. The Kier molecular flexibility index (Phi) is 4.36. The van der Waals surface area contributed by atoms with E-state index in [2.05, 4.69) is 17.2 Å². The molecule has 1 aliphatic rings. The molecule has 2 heterocycles. The van der Waals surface area contributed by atoms with Crippen LogP contribution in [0.1, 0.15) is 36.2 Å². The van der Waals surface area contributed by atoms with Crippen LogP contribution in [-0.2, 0) is 6.42 Å². The normalized spacial score (nSPS) is 17.1. The van der Waals surface area contributed by atoms with Gasteiger partial charge in [0.05, 0.1) is 6.20 Å². The zero-order valence-corrected chi connectivity index (χ0v) is 11.1. The van der Waals surface area contributed by atoms with Gasteiger partial charge in [-0.2, -0.15) is 0 Å². The molecule has 18 heavy (non-hydrogen) atoms. The van der Waals surface area contributed by atoms with E-state index in [1.54, 1.807) is 6.20 Å². The maximum Gasteiger partial charge on any atom is 0.291 e. The molecule has 2 rings (SSSR count). The Balaban J connectivity index is 1.94. The van der Waals surface area contributed by atoms with Crippen LogP contribution in [0.25, 0.3) is 0 Å². The van der Waals surface area contributed by atoms with Crippen molar-refractivity contribution in [2.45, 2.75) is 26.2 Å². The molecular weight excluding hydrogens is 230 g/mol. The summed E-state index contributed by atoms with van der Waals surface area (Å²) in [5.41, 5.74) is 0. The highest BCUT2D eigenvalue weighted by Crippen LogP contribution is 2.18. The summed E-state index contributed by atoms with van der Waals surface area (Å²) in [7, 11) is 1.88. The van der Waals surface area contributed by atoms with Crippen LogP contribution in [0, 0.1) is 5.92 Å². The number of hydrogen-bond donors (Lipinski definition) is 1. The minimum Gasteiger partial charge on any atom is -0.435 e. The number of nitrogens with zero attached hydrogens (tertiary/aromatic N) is 2. The quantitative estimate of drug-likeness (QED) is 0.876. The summed E-state index contributed by atoms with van der Waals surface area (Å²) in [4.78, 5) is 18.2. The number of rotatable bonds is 4. The predicted octanol–water partition coefficient (Wildman–Crippen LogP) is 1.31. The van der Waals surface area contributed by atoms with Gasteiger partial charge in [0.25, 0.3) is 5.91 Å². The fourth-order valence-electron chi connectivity index (χ4n) is 2.12. The Morgan fingerprint density at radius 3 is 2.94 bits per heavy atom. The van der Waals surface area contributed by atoms with Crippen molar-refractivity contribution in [2.75, 3.05) is 26.7 Å². The summed E-state index contributed by atoms with van der Waals surface area (Å²) in [5.74, 6) is 1.69. The first kappa shape index (κ1) is 13.1. The molecule has 100 valence electrons. The van der Waals surface area contributed by atoms with Crippen LogP contribution in [0.5, 0.6) is 0 Å². The van der Waals surface area contributed by atoms with Crippen LogP contribution in [0.4, 0.5) is 0 Å². The number of likely N-dealkylation sites (tertiary alicyclic amines) is 1. The molecule has 1 aromatic heterocycles. The number of carbonyl (C=O) groups is 1. The van der Waals surface area contributed by atoms with Gasteiger partial charge in [-0.25, -0.2) is 4.98 Å². The molecule has 0 saturated carbocycles. The van der Waals surface area contributed by atoms with Crippen LogP contribution < -0.4 is 5.32 Å². The van der Waals surface area contributed by atoms with Crippen molar-refractivity contribution >= 4 is 5.91 Å². The summed E-state index contributed by atoms with van der Waals surface area (Å²) >= 11 is 0. The lowest BCUT2D eigenvalue weighted by Gasteiger charge is -2.29. The molecule has 1 fully saturated rings. The van der Waals surface area contributed by atoms with Crippen molar-refractivity contribution < 1.29 is 9.21 Å². The Morgan fingerprint density at radius 2 is 2.28 bits per heavy atom. The third kappa shape index (κ3) is 3.10. The number of likely N-dealkylation sites (N-methyl/N-ethyl adjacent to an activating group) is 1. The maximum absolute atomic E-state index is 12.2. The number of aromatic nitrogens is 1. The van der Waals surface area contributed by atoms with Gasteiger partial charge in [-0.15, -0.1) is 0 Å². The monoisotopic (exact) mass is 251 g/mol. The molecule has 1 aliphatic heterocycles. The summed E-state index contributed by atoms with van der Waals surface area (Å²) in [6, 6.07) is 0. The molecule has 0 unspecified atom stereocenters. The summed E-state index contributed by atoms with van der Waals surface area (Å²) in [5, 5.41) is 3.03. The SMILES string of the molecule is CNCCc1ncc(C(=O)N2CCC(C)CC2)o1. The minimum atomic E-state index is -0.0230. The molecule has 0 bridgehead atoms. The zero-order chi connectivity index (χ0) is 13.0. The van der Waals surface area contributed by atoms with E-state index in [1.807, 2.05) is 11.9 Å². The van der Waals surface area contributed by atoms with Gasteiger partial charge in [-0.3, -0.25) is 4.79 Å². The number of hydrogen-bond acceptors (Lipinski definition) is 4. The second kappa shape index (κ2) is 6.00. The van der Waals surface area contributed by atoms with Crippen molar-refractivity contribution in [3.05, 3.63) is 17.8 Å². The Morgan fingerprint density at radius 1 is 1.56 bits per heavy atom. The molecule has 0 spiro atoms. The Bertz CT molecular complexity index is 395. The van der Waals surface area contributed by atoms with Gasteiger partial charge in [0.15, 0.2) is 5.89 Å². The standard InChI is InChI=1S/C13H21N3O2/c1-10-4-7-16(8-5-10)13(17)11-9-15-12(18-11)3-6-14-2/h9-10,14H,3-8H2,1-2H3. The van der Waals surface area contributed by atoms with Gasteiger partial charge in [0.1, 0.15) is 0 Å². The van der Waals surface area contributed by atoms with Gasteiger partial charge < -0.3 is 14.6 Å². The molecule has 0 aliphatic carbocycles. The topological polar surface area (TPSA) is 58.4 Å². The lowest BCUT2D eigenvalue weighted by Crippen LogP contribution is -2.37. The van der Waals surface area contributed by atoms with Crippen LogP contribution in [-0.4, -0.2) is 42.5 Å². The van der Waals surface area contributed by atoms with Gasteiger partial charge in [-0.1, -0.05) is 6.92 Å². The largest absolute Gasteiger partial charge is 0.435 e. The Labute approximate surface area is 108 Å². The molecule has 1 aromatic rings. The second-order valence-electron chi connectivity index (χ2n) is 4.95. The van der Waals surface area contributed by atoms with E-state index in [-0.39, 0.29) is 5.91 Å². The van der Waals surface area contributed by atoms with Gasteiger partial charge in [-0.05, 0) is 25.8 Å². The molecular formula is C13H21N3O2. The molecule has 0 aromatic carbocycles. The molecule has 5 heteroatoms. The number of nitrogens with one attached hydrogen (secondary N) is 1. The van der Waals surface area contributed by atoms with Crippen molar-refractivity contribution in [2.24, 2.45) is 5.92 Å². The van der Waals surface area contributed by atoms with Crippen LogP contribution in [0.3, 0.4) is 0 Å². The van der Waals surface area contributed by atoms with Crippen molar-refractivity contribution in [3.63, 3.8) is 0 Å². The van der Waals surface area contributed by atoms with E-state index in [4.69, 9.17) is 4.42 Å². The van der Waals surface area contributed by atoms with E-state index < -0.39 is 0 Å². The van der Waals surface area contributed by atoms with Crippen LogP contribution in [0.2, 0.25) is 0 Å². The predicted molar refractivity (Wildman–Crippen MR) is 68.4 cm³/mol. The van der Waals surface area contributed by atoms with Crippen molar-refractivity contribution in [1.82, 2.24) is 15.2 Å². The van der Waals surface area contributed by atoms with Gasteiger partial charge in [0.2, 0.25) is 5.76 Å². The first-order valence-corrected chi connectivity index (χ1v) is 6.59. The van der Waals surface area contributed by atoms with E-state index in [0.717, 1.165) is 38.4 Å². The van der Waals surface area contributed by atoms with E-state index in [0.29, 0.717) is 18.1 Å². The molecule has 5 nitrogen and oxygen atoms in total. The molecule has 1 amide bonds. The van der Waals surface area contributed by atoms with E-state index >= 15 is 0 Å². The fourth-order valence-corrected chi connectivity index (χ4v) is 2.12. The maximum atomic E-state index is 12.2. The highest BCUT2D eigenvalue weighted by molar-refractivity contribution is 5.91. The Hall–Kier alpha value is -1.36. The van der Waals surface area contributed by atoms with Gasteiger partial charge >= 0.3 is 0 Å². The average Bonchev–Trinajstić information content (AvgIpc) is 2.85. The highest BCUT2D eigenvalue weighted by atomic mass is 16.4. The molecule has 1 N–H and O–H groups in total.